The SMILES string of the molecule is CC(C)c1cc(NC2CC2(C)C)ncn1. The molecule has 0 amide bonds. The van der Waals surface area contributed by atoms with Gasteiger partial charge in [0.05, 0.1) is 0 Å². The van der Waals surface area contributed by atoms with E-state index >= 15 is 0 Å². The molecule has 1 atom stereocenters. The fourth-order valence-electron chi connectivity index (χ4n) is 1.66. The Morgan fingerprint density at radius 3 is 2.60 bits per heavy atom. The lowest BCUT2D eigenvalue weighted by molar-refractivity contribution is 0.629. The van der Waals surface area contributed by atoms with Gasteiger partial charge in [0.15, 0.2) is 0 Å². The topological polar surface area (TPSA) is 37.8 Å². The molecule has 2 rings (SSSR count). The minimum Gasteiger partial charge on any atom is -0.367 e. The molecule has 1 unspecified atom stereocenters. The lowest BCUT2D eigenvalue weighted by Gasteiger charge is -2.09. The first-order valence-corrected chi connectivity index (χ1v) is 5.57. The Hall–Kier alpha value is -1.12. The Morgan fingerprint density at radius 2 is 2.07 bits per heavy atom. The largest absolute Gasteiger partial charge is 0.367 e. The van der Waals surface area contributed by atoms with E-state index in [2.05, 4.69) is 49.0 Å². The van der Waals surface area contributed by atoms with Crippen molar-refractivity contribution in [3.63, 3.8) is 0 Å². The molecule has 0 aromatic carbocycles. The van der Waals surface area contributed by atoms with E-state index in [1.165, 1.54) is 6.42 Å². The van der Waals surface area contributed by atoms with Gasteiger partial charge in [-0.2, -0.15) is 0 Å². The van der Waals surface area contributed by atoms with Crippen molar-refractivity contribution < 1.29 is 0 Å². The van der Waals surface area contributed by atoms with E-state index in [-0.39, 0.29) is 0 Å². The molecule has 1 aromatic rings. The van der Waals surface area contributed by atoms with E-state index in [0.717, 1.165) is 11.5 Å². The number of aromatic nitrogens is 2. The molecular formula is C12H19N3. The summed E-state index contributed by atoms with van der Waals surface area (Å²) in [5.41, 5.74) is 1.54. The highest BCUT2D eigenvalue weighted by Crippen LogP contribution is 2.46. The Balaban J connectivity index is 2.06. The van der Waals surface area contributed by atoms with Crippen LogP contribution in [0, 0.1) is 5.41 Å². The van der Waals surface area contributed by atoms with Gasteiger partial charge < -0.3 is 5.32 Å². The third kappa shape index (κ3) is 2.28. The van der Waals surface area contributed by atoms with Crippen LogP contribution in [-0.4, -0.2) is 16.0 Å². The molecule has 1 N–H and O–H groups in total. The van der Waals surface area contributed by atoms with Crippen LogP contribution in [0.15, 0.2) is 12.4 Å². The number of hydrogen-bond donors (Lipinski definition) is 1. The average Bonchev–Trinajstić information content (AvgIpc) is 2.74. The van der Waals surface area contributed by atoms with Crippen molar-refractivity contribution in [2.75, 3.05) is 5.32 Å². The number of hydrogen-bond acceptors (Lipinski definition) is 3. The standard InChI is InChI=1S/C12H19N3/c1-8(2)9-5-11(14-7-13-9)15-10-6-12(10,3)4/h5,7-8,10H,6H2,1-4H3,(H,13,14,15). The van der Waals surface area contributed by atoms with E-state index in [9.17, 15) is 0 Å². The summed E-state index contributed by atoms with van der Waals surface area (Å²) >= 11 is 0. The number of rotatable bonds is 3. The molecule has 0 radical (unpaired) electrons. The highest BCUT2D eigenvalue weighted by Gasteiger charge is 2.45. The van der Waals surface area contributed by atoms with E-state index in [1.807, 2.05) is 0 Å². The van der Waals surface area contributed by atoms with Crippen LogP contribution in [0.1, 0.15) is 45.7 Å². The minimum atomic E-state index is 0.433. The molecular weight excluding hydrogens is 186 g/mol. The van der Waals surface area contributed by atoms with E-state index in [0.29, 0.717) is 17.4 Å². The quantitative estimate of drug-likeness (QED) is 0.824. The molecule has 3 heteroatoms. The first-order chi connectivity index (χ1) is 6.99. The summed E-state index contributed by atoms with van der Waals surface area (Å²) in [6, 6.07) is 2.63. The maximum Gasteiger partial charge on any atom is 0.129 e. The Kier molecular flexibility index (Phi) is 2.41. The van der Waals surface area contributed by atoms with Crippen LogP contribution in [0.4, 0.5) is 5.82 Å². The zero-order valence-electron chi connectivity index (χ0n) is 9.91. The highest BCUT2D eigenvalue weighted by atomic mass is 15.1. The van der Waals surface area contributed by atoms with E-state index in [4.69, 9.17) is 0 Å². The fourth-order valence-corrected chi connectivity index (χ4v) is 1.66. The summed E-state index contributed by atoms with van der Waals surface area (Å²) < 4.78 is 0. The summed E-state index contributed by atoms with van der Waals surface area (Å²) in [5.74, 6) is 1.42. The second-order valence-corrected chi connectivity index (χ2v) is 5.37. The predicted octanol–water partition coefficient (Wildman–Crippen LogP) is 2.81. The number of nitrogens with one attached hydrogen (secondary N) is 1. The lowest BCUT2D eigenvalue weighted by atomic mass is 10.1. The second-order valence-electron chi connectivity index (χ2n) is 5.37. The van der Waals surface area contributed by atoms with Gasteiger partial charge in [-0.1, -0.05) is 27.7 Å². The van der Waals surface area contributed by atoms with Gasteiger partial charge in [-0.15, -0.1) is 0 Å². The van der Waals surface area contributed by atoms with Crippen molar-refractivity contribution in [1.82, 2.24) is 9.97 Å². The molecule has 0 bridgehead atoms. The third-order valence-corrected chi connectivity index (χ3v) is 3.12. The second kappa shape index (κ2) is 3.47. The maximum atomic E-state index is 4.25. The van der Waals surface area contributed by atoms with Crippen molar-refractivity contribution in [1.29, 1.82) is 0 Å². The Bertz CT molecular complexity index is 358. The van der Waals surface area contributed by atoms with Gasteiger partial charge in [-0.25, -0.2) is 9.97 Å². The van der Waals surface area contributed by atoms with Gasteiger partial charge in [0.2, 0.25) is 0 Å². The Labute approximate surface area is 91.3 Å². The average molecular weight is 205 g/mol. The molecule has 15 heavy (non-hydrogen) atoms. The highest BCUT2D eigenvalue weighted by molar-refractivity contribution is 5.39. The zero-order valence-corrected chi connectivity index (χ0v) is 9.91. The van der Waals surface area contributed by atoms with Crippen molar-refractivity contribution in [3.8, 4) is 0 Å². The molecule has 0 spiro atoms. The van der Waals surface area contributed by atoms with Crippen LogP contribution < -0.4 is 5.32 Å². The van der Waals surface area contributed by atoms with Crippen LogP contribution in [0.5, 0.6) is 0 Å². The van der Waals surface area contributed by atoms with Crippen LogP contribution >= 0.6 is 0 Å². The molecule has 1 aromatic heterocycles. The molecule has 1 fully saturated rings. The first kappa shape index (κ1) is 10.4. The van der Waals surface area contributed by atoms with E-state index in [1.54, 1.807) is 6.33 Å². The van der Waals surface area contributed by atoms with Crippen LogP contribution in [0.3, 0.4) is 0 Å². The van der Waals surface area contributed by atoms with Crippen LogP contribution in [-0.2, 0) is 0 Å². The summed E-state index contributed by atoms with van der Waals surface area (Å²) in [7, 11) is 0. The molecule has 3 nitrogen and oxygen atoms in total. The van der Waals surface area contributed by atoms with Gasteiger partial charge in [0, 0.05) is 17.8 Å². The fraction of sp³-hybridized carbons (Fsp3) is 0.667. The van der Waals surface area contributed by atoms with Gasteiger partial charge in [0.25, 0.3) is 0 Å². The Morgan fingerprint density at radius 1 is 1.40 bits per heavy atom. The molecule has 1 aliphatic carbocycles. The van der Waals surface area contributed by atoms with Crippen molar-refractivity contribution >= 4 is 5.82 Å². The van der Waals surface area contributed by atoms with E-state index < -0.39 is 0 Å². The molecule has 1 saturated carbocycles. The van der Waals surface area contributed by atoms with Gasteiger partial charge >= 0.3 is 0 Å². The number of nitrogens with zero attached hydrogens (tertiary/aromatic N) is 2. The summed E-state index contributed by atoms with van der Waals surface area (Å²) in [6.45, 7) is 8.84. The summed E-state index contributed by atoms with van der Waals surface area (Å²) in [6.07, 6.45) is 2.88. The zero-order chi connectivity index (χ0) is 11.1. The van der Waals surface area contributed by atoms with Crippen LogP contribution in [0.2, 0.25) is 0 Å². The monoisotopic (exact) mass is 205 g/mol. The molecule has 1 aliphatic rings. The maximum absolute atomic E-state index is 4.25. The number of anilines is 1. The predicted molar refractivity (Wildman–Crippen MR) is 61.9 cm³/mol. The molecule has 82 valence electrons. The third-order valence-electron chi connectivity index (χ3n) is 3.12. The normalized spacial score (nSPS) is 22.9. The first-order valence-electron chi connectivity index (χ1n) is 5.57. The van der Waals surface area contributed by atoms with Crippen molar-refractivity contribution in [2.24, 2.45) is 5.41 Å². The smallest absolute Gasteiger partial charge is 0.129 e. The summed E-state index contributed by atoms with van der Waals surface area (Å²) in [5, 5.41) is 3.45. The van der Waals surface area contributed by atoms with Gasteiger partial charge in [-0.3, -0.25) is 0 Å². The summed E-state index contributed by atoms with van der Waals surface area (Å²) in [4.78, 5) is 8.50. The minimum absolute atomic E-state index is 0.433. The molecule has 0 aliphatic heterocycles. The van der Waals surface area contributed by atoms with Crippen LogP contribution in [0.25, 0.3) is 0 Å². The lowest BCUT2D eigenvalue weighted by Crippen LogP contribution is -2.10. The molecule has 1 heterocycles. The van der Waals surface area contributed by atoms with Gasteiger partial charge in [0.1, 0.15) is 12.1 Å². The molecule has 0 saturated heterocycles. The van der Waals surface area contributed by atoms with Crippen molar-refractivity contribution in [2.45, 2.75) is 46.1 Å². The van der Waals surface area contributed by atoms with Crippen molar-refractivity contribution in [3.05, 3.63) is 18.1 Å². The van der Waals surface area contributed by atoms with Gasteiger partial charge in [-0.05, 0) is 17.8 Å².